The van der Waals surface area contributed by atoms with Crippen LogP contribution in [0.3, 0.4) is 0 Å². The summed E-state index contributed by atoms with van der Waals surface area (Å²) in [5, 5.41) is 3.15. The molecule has 2 aliphatic heterocycles. The molecule has 0 unspecified atom stereocenters. The molecule has 124 valence electrons. The summed E-state index contributed by atoms with van der Waals surface area (Å²) in [6.07, 6.45) is 0.547. The number of nitrogens with one attached hydrogen (secondary N) is 1. The Bertz CT molecular complexity index is 599. The zero-order valence-electron chi connectivity index (χ0n) is 12.7. The van der Waals surface area contributed by atoms with Crippen molar-refractivity contribution in [2.45, 2.75) is 18.9 Å². The minimum Gasteiger partial charge on any atom is -0.354 e. The number of carbonyl (C=O) groups excluding carboxylic acids is 2. The minimum absolute atomic E-state index is 0.00188. The maximum absolute atomic E-state index is 13.7. The van der Waals surface area contributed by atoms with Crippen LogP contribution in [0.15, 0.2) is 18.2 Å². The third-order valence-corrected chi connectivity index (χ3v) is 4.80. The van der Waals surface area contributed by atoms with E-state index < -0.39 is 0 Å². The van der Waals surface area contributed by atoms with Crippen molar-refractivity contribution in [3.63, 3.8) is 0 Å². The maximum atomic E-state index is 13.7. The first kappa shape index (κ1) is 16.2. The zero-order chi connectivity index (χ0) is 16.4. The molecule has 2 amide bonds. The van der Waals surface area contributed by atoms with Gasteiger partial charge in [-0.15, -0.1) is 0 Å². The minimum atomic E-state index is -0.369. The molecule has 5 nitrogen and oxygen atoms in total. The predicted molar refractivity (Wildman–Crippen MR) is 84.7 cm³/mol. The van der Waals surface area contributed by atoms with Crippen molar-refractivity contribution in [3.05, 3.63) is 34.6 Å². The third kappa shape index (κ3) is 3.64. The number of nitrogens with zero attached hydrogens (tertiary/aromatic N) is 2. The van der Waals surface area contributed by atoms with Gasteiger partial charge in [0.2, 0.25) is 11.8 Å². The Morgan fingerprint density at radius 2 is 2.17 bits per heavy atom. The highest BCUT2D eigenvalue weighted by Crippen LogP contribution is 2.22. The predicted octanol–water partition coefficient (Wildman–Crippen LogP) is 1.05. The monoisotopic (exact) mass is 339 g/mol. The van der Waals surface area contributed by atoms with Gasteiger partial charge >= 0.3 is 0 Å². The van der Waals surface area contributed by atoms with Gasteiger partial charge in [-0.3, -0.25) is 14.5 Å². The Balaban J connectivity index is 1.47. The number of rotatable bonds is 4. The molecule has 0 aliphatic carbocycles. The van der Waals surface area contributed by atoms with Crippen molar-refractivity contribution in [2.75, 3.05) is 32.7 Å². The lowest BCUT2D eigenvalue weighted by Crippen LogP contribution is -2.64. The van der Waals surface area contributed by atoms with Gasteiger partial charge in [0, 0.05) is 49.2 Å². The molecule has 0 radical (unpaired) electrons. The molecule has 3 rings (SSSR count). The molecular weight excluding hydrogens is 321 g/mol. The fourth-order valence-corrected chi connectivity index (χ4v) is 3.28. The molecule has 0 saturated carbocycles. The summed E-state index contributed by atoms with van der Waals surface area (Å²) in [7, 11) is 0. The summed E-state index contributed by atoms with van der Waals surface area (Å²) >= 11 is 5.97. The van der Waals surface area contributed by atoms with Gasteiger partial charge in [0.1, 0.15) is 5.82 Å². The van der Waals surface area contributed by atoms with Crippen molar-refractivity contribution in [2.24, 2.45) is 0 Å². The van der Waals surface area contributed by atoms with E-state index in [-0.39, 0.29) is 30.1 Å². The number of carbonyl (C=O) groups is 2. The van der Waals surface area contributed by atoms with E-state index in [1.807, 2.05) is 0 Å². The van der Waals surface area contributed by atoms with E-state index in [0.717, 1.165) is 6.54 Å². The van der Waals surface area contributed by atoms with Crippen LogP contribution in [0, 0.1) is 5.82 Å². The number of benzene rings is 1. The van der Waals surface area contributed by atoms with Gasteiger partial charge in [-0.25, -0.2) is 4.39 Å². The van der Waals surface area contributed by atoms with Gasteiger partial charge in [0.25, 0.3) is 0 Å². The number of halogens is 2. The van der Waals surface area contributed by atoms with E-state index >= 15 is 0 Å². The highest BCUT2D eigenvalue weighted by Gasteiger charge is 2.36. The Labute approximate surface area is 139 Å². The normalized spacial score (nSPS) is 19.4. The van der Waals surface area contributed by atoms with E-state index in [1.165, 1.54) is 6.07 Å². The molecular formula is C16H19ClFN3O2. The Morgan fingerprint density at radius 3 is 2.87 bits per heavy atom. The van der Waals surface area contributed by atoms with Crippen LogP contribution in [0.25, 0.3) is 0 Å². The largest absolute Gasteiger partial charge is 0.354 e. The topological polar surface area (TPSA) is 52.7 Å². The number of amides is 2. The lowest BCUT2D eigenvalue weighted by atomic mass is 10.0. The number of piperazine rings is 1. The van der Waals surface area contributed by atoms with E-state index in [1.54, 1.807) is 17.0 Å². The molecule has 2 heterocycles. The summed E-state index contributed by atoms with van der Waals surface area (Å²) in [5.41, 5.74) is 0.396. The molecule has 0 atom stereocenters. The first-order chi connectivity index (χ1) is 11.0. The van der Waals surface area contributed by atoms with Crippen LogP contribution in [-0.2, 0) is 16.0 Å². The molecule has 1 N–H and O–H groups in total. The van der Waals surface area contributed by atoms with Crippen molar-refractivity contribution >= 4 is 23.4 Å². The van der Waals surface area contributed by atoms with Crippen molar-refractivity contribution in [3.8, 4) is 0 Å². The van der Waals surface area contributed by atoms with Crippen LogP contribution in [0.2, 0.25) is 5.02 Å². The van der Waals surface area contributed by atoms with Crippen LogP contribution >= 0.6 is 11.6 Å². The lowest BCUT2D eigenvalue weighted by molar-refractivity contribution is -0.140. The standard InChI is InChI=1S/C16H19ClFN3O2/c17-13-2-1-3-14(18)12(13)4-5-16(23)21-8-11(9-21)20-7-6-19-15(22)10-20/h1-3,11H,4-10H2,(H,19,22). The van der Waals surface area contributed by atoms with Gasteiger partial charge in [-0.05, 0) is 18.6 Å². The van der Waals surface area contributed by atoms with Crippen LogP contribution in [0.4, 0.5) is 4.39 Å². The van der Waals surface area contributed by atoms with Gasteiger partial charge in [0.05, 0.1) is 6.54 Å². The maximum Gasteiger partial charge on any atom is 0.234 e. The number of hydrogen-bond acceptors (Lipinski definition) is 3. The Hall–Kier alpha value is -1.66. The molecule has 7 heteroatoms. The highest BCUT2D eigenvalue weighted by atomic mass is 35.5. The van der Waals surface area contributed by atoms with E-state index in [2.05, 4.69) is 10.2 Å². The smallest absolute Gasteiger partial charge is 0.234 e. The number of likely N-dealkylation sites (tertiary alicyclic amines) is 1. The second-order valence-electron chi connectivity index (χ2n) is 5.97. The lowest BCUT2D eigenvalue weighted by Gasteiger charge is -2.46. The SMILES string of the molecule is O=C1CN(C2CN(C(=O)CCc3c(F)cccc3Cl)C2)CCN1. The fourth-order valence-electron chi connectivity index (χ4n) is 3.02. The second-order valence-corrected chi connectivity index (χ2v) is 6.38. The number of hydrogen-bond donors (Lipinski definition) is 1. The van der Waals surface area contributed by atoms with Gasteiger partial charge in [-0.1, -0.05) is 17.7 Å². The van der Waals surface area contributed by atoms with Crippen molar-refractivity contribution in [1.82, 2.24) is 15.1 Å². The summed E-state index contributed by atoms with van der Waals surface area (Å²) < 4.78 is 13.7. The summed E-state index contributed by atoms with van der Waals surface area (Å²) in [5.74, 6) is -0.330. The van der Waals surface area contributed by atoms with Crippen LogP contribution < -0.4 is 5.32 Å². The van der Waals surface area contributed by atoms with Crippen LogP contribution in [0.5, 0.6) is 0 Å². The van der Waals surface area contributed by atoms with Crippen molar-refractivity contribution < 1.29 is 14.0 Å². The highest BCUT2D eigenvalue weighted by molar-refractivity contribution is 6.31. The molecule has 1 aromatic carbocycles. The summed E-state index contributed by atoms with van der Waals surface area (Å²) in [6.45, 7) is 3.16. The molecule has 2 fully saturated rings. The summed E-state index contributed by atoms with van der Waals surface area (Å²) in [6, 6.07) is 4.79. The van der Waals surface area contributed by atoms with E-state index in [0.29, 0.717) is 43.2 Å². The fraction of sp³-hybridized carbons (Fsp3) is 0.500. The molecule has 1 aromatic rings. The zero-order valence-corrected chi connectivity index (χ0v) is 13.5. The Kier molecular flexibility index (Phi) is 4.82. The average molecular weight is 340 g/mol. The van der Waals surface area contributed by atoms with E-state index in [9.17, 15) is 14.0 Å². The van der Waals surface area contributed by atoms with Crippen LogP contribution in [0.1, 0.15) is 12.0 Å². The van der Waals surface area contributed by atoms with Gasteiger partial charge in [-0.2, -0.15) is 0 Å². The van der Waals surface area contributed by atoms with E-state index in [4.69, 9.17) is 11.6 Å². The molecule has 0 bridgehead atoms. The van der Waals surface area contributed by atoms with Crippen molar-refractivity contribution in [1.29, 1.82) is 0 Å². The second kappa shape index (κ2) is 6.84. The first-order valence-corrected chi connectivity index (χ1v) is 8.14. The molecule has 0 spiro atoms. The quantitative estimate of drug-likeness (QED) is 0.892. The molecule has 2 saturated heterocycles. The molecule has 23 heavy (non-hydrogen) atoms. The van der Waals surface area contributed by atoms with Gasteiger partial charge < -0.3 is 10.2 Å². The Morgan fingerprint density at radius 1 is 1.39 bits per heavy atom. The molecule has 2 aliphatic rings. The van der Waals surface area contributed by atoms with Crippen LogP contribution in [-0.4, -0.2) is 60.4 Å². The summed E-state index contributed by atoms with van der Waals surface area (Å²) in [4.78, 5) is 27.4. The van der Waals surface area contributed by atoms with Gasteiger partial charge in [0.15, 0.2) is 0 Å². The molecule has 0 aromatic heterocycles. The first-order valence-electron chi connectivity index (χ1n) is 7.76. The third-order valence-electron chi connectivity index (χ3n) is 4.45. The average Bonchev–Trinajstić information content (AvgIpc) is 2.45.